The number of rotatable bonds is 6. The number of amides is 1. The van der Waals surface area contributed by atoms with Crippen LogP contribution in [0.25, 0.3) is 22.0 Å². The minimum Gasteiger partial charge on any atom is -0.336 e. The number of hydrogen-bond donors (Lipinski definition) is 1. The third-order valence-corrected chi connectivity index (χ3v) is 6.55. The quantitative estimate of drug-likeness (QED) is 0.638. The van der Waals surface area contributed by atoms with Gasteiger partial charge < -0.3 is 10.2 Å². The molecule has 1 N–H and O–H groups in total. The summed E-state index contributed by atoms with van der Waals surface area (Å²) in [6.07, 6.45) is 8.08. The molecule has 0 saturated carbocycles. The van der Waals surface area contributed by atoms with Crippen LogP contribution >= 0.6 is 0 Å². The summed E-state index contributed by atoms with van der Waals surface area (Å²) < 4.78 is 25.1. The van der Waals surface area contributed by atoms with Crippen molar-refractivity contribution in [1.29, 1.82) is 0 Å². The third-order valence-electron chi connectivity index (χ3n) is 6.55. The molecule has 3 atom stereocenters. The molecule has 4 heterocycles. The van der Waals surface area contributed by atoms with Crippen molar-refractivity contribution in [2.75, 3.05) is 6.54 Å². The lowest BCUT2D eigenvalue weighted by Crippen LogP contribution is -2.52. The van der Waals surface area contributed by atoms with Gasteiger partial charge in [0.1, 0.15) is 0 Å². The highest BCUT2D eigenvalue weighted by Crippen LogP contribution is 2.36. The molecule has 8 heteroatoms. The molecule has 2 saturated heterocycles. The summed E-state index contributed by atoms with van der Waals surface area (Å²) in [6.45, 7) is -0.282. The Balaban J connectivity index is 1.30. The van der Waals surface area contributed by atoms with Gasteiger partial charge in [0.15, 0.2) is 0 Å². The van der Waals surface area contributed by atoms with Crippen LogP contribution in [0.1, 0.15) is 31.4 Å². The van der Waals surface area contributed by atoms with Crippen molar-refractivity contribution in [3.63, 3.8) is 0 Å². The topological polar surface area (TPSA) is 71.0 Å². The fourth-order valence-corrected chi connectivity index (χ4v) is 5.14. The van der Waals surface area contributed by atoms with E-state index in [9.17, 15) is 13.6 Å². The number of carbonyl (C=O) groups excluding carboxylic acids is 1. The highest BCUT2D eigenvalue weighted by atomic mass is 19.3. The molecule has 166 valence electrons. The maximum Gasteiger partial charge on any atom is 0.250 e. The number of halogens is 2. The van der Waals surface area contributed by atoms with E-state index in [4.69, 9.17) is 0 Å². The normalized spacial score (nSPS) is 22.6. The second kappa shape index (κ2) is 8.86. The Morgan fingerprint density at radius 3 is 2.59 bits per heavy atom. The standard InChI is InChI=1S/C24H25F2N5O/c25-23(26)14-30-19-9-20-3-4-21(10-19)31(20)24(32)11-18-8-17-7-15(1-2-16(17)12-29-18)22-13-27-5-6-28-22/h1-2,5-8,12-13,19-21,23,30H,3-4,9-11,14H2/t19?,20-,21+. The molecule has 6 nitrogen and oxygen atoms in total. The molecule has 2 bridgehead atoms. The lowest BCUT2D eigenvalue weighted by atomic mass is 9.96. The van der Waals surface area contributed by atoms with Gasteiger partial charge in [0.05, 0.1) is 30.6 Å². The van der Waals surface area contributed by atoms with E-state index in [1.807, 2.05) is 29.2 Å². The van der Waals surface area contributed by atoms with Crippen LogP contribution in [0.15, 0.2) is 49.1 Å². The van der Waals surface area contributed by atoms with Gasteiger partial charge in [0.25, 0.3) is 6.43 Å². The van der Waals surface area contributed by atoms with Gasteiger partial charge >= 0.3 is 0 Å². The smallest absolute Gasteiger partial charge is 0.250 e. The van der Waals surface area contributed by atoms with Gasteiger partial charge in [-0.05, 0) is 43.2 Å². The van der Waals surface area contributed by atoms with Crippen LogP contribution in [0.5, 0.6) is 0 Å². The summed E-state index contributed by atoms with van der Waals surface area (Å²) in [5.41, 5.74) is 2.49. The van der Waals surface area contributed by atoms with Crippen molar-refractivity contribution < 1.29 is 13.6 Å². The van der Waals surface area contributed by atoms with Crippen molar-refractivity contribution in [1.82, 2.24) is 25.2 Å². The van der Waals surface area contributed by atoms with Gasteiger partial charge in [0.2, 0.25) is 5.91 Å². The van der Waals surface area contributed by atoms with Crippen molar-refractivity contribution in [3.8, 4) is 11.3 Å². The molecule has 2 aromatic heterocycles. The van der Waals surface area contributed by atoms with Crippen LogP contribution in [-0.4, -0.2) is 56.9 Å². The van der Waals surface area contributed by atoms with Crippen LogP contribution in [0, 0.1) is 0 Å². The van der Waals surface area contributed by atoms with Crippen LogP contribution in [0.3, 0.4) is 0 Å². The molecule has 3 aromatic rings. The molecule has 0 aliphatic carbocycles. The van der Waals surface area contributed by atoms with Gasteiger partial charge in [0, 0.05) is 47.7 Å². The van der Waals surface area contributed by atoms with E-state index in [0.717, 1.165) is 53.4 Å². The monoisotopic (exact) mass is 437 g/mol. The number of aromatic nitrogens is 3. The Morgan fingerprint density at radius 2 is 1.88 bits per heavy atom. The minimum absolute atomic E-state index is 0.0591. The predicted octanol–water partition coefficient (Wildman–Crippen LogP) is 3.61. The van der Waals surface area contributed by atoms with E-state index in [2.05, 4.69) is 20.3 Å². The average Bonchev–Trinajstić information content (AvgIpc) is 3.08. The Hall–Kier alpha value is -3.00. The van der Waals surface area contributed by atoms with Crippen molar-refractivity contribution in [2.45, 2.75) is 56.7 Å². The fraction of sp³-hybridized carbons (Fsp3) is 0.417. The molecule has 32 heavy (non-hydrogen) atoms. The second-order valence-corrected chi connectivity index (χ2v) is 8.66. The first-order valence-corrected chi connectivity index (χ1v) is 11.0. The van der Waals surface area contributed by atoms with Crippen LogP contribution in [0.2, 0.25) is 0 Å². The summed E-state index contributed by atoms with van der Waals surface area (Å²) in [5.74, 6) is 0.0711. The van der Waals surface area contributed by atoms with E-state index >= 15 is 0 Å². The molecule has 2 aliphatic rings. The number of piperidine rings is 1. The fourth-order valence-electron chi connectivity index (χ4n) is 5.14. The average molecular weight is 437 g/mol. The zero-order valence-electron chi connectivity index (χ0n) is 17.6. The molecular weight excluding hydrogens is 412 g/mol. The zero-order chi connectivity index (χ0) is 22.1. The van der Waals surface area contributed by atoms with Crippen LogP contribution in [0.4, 0.5) is 8.78 Å². The number of nitrogens with zero attached hydrogens (tertiary/aromatic N) is 4. The van der Waals surface area contributed by atoms with E-state index in [1.54, 1.807) is 24.8 Å². The summed E-state index contributed by atoms with van der Waals surface area (Å²) in [7, 11) is 0. The Bertz CT molecular complexity index is 1100. The Morgan fingerprint density at radius 1 is 1.06 bits per heavy atom. The number of hydrogen-bond acceptors (Lipinski definition) is 5. The number of nitrogens with one attached hydrogen (secondary N) is 1. The number of carbonyl (C=O) groups is 1. The first kappa shape index (κ1) is 20.9. The molecule has 0 radical (unpaired) electrons. The van der Waals surface area contributed by atoms with Crippen molar-refractivity contribution >= 4 is 16.7 Å². The van der Waals surface area contributed by atoms with Gasteiger partial charge in [-0.15, -0.1) is 0 Å². The molecule has 2 aliphatic heterocycles. The van der Waals surface area contributed by atoms with Crippen LogP contribution < -0.4 is 5.32 Å². The highest BCUT2D eigenvalue weighted by molar-refractivity contribution is 5.87. The van der Waals surface area contributed by atoms with Gasteiger partial charge in [-0.25, -0.2) is 8.78 Å². The van der Waals surface area contributed by atoms with Crippen molar-refractivity contribution in [3.05, 3.63) is 54.7 Å². The van der Waals surface area contributed by atoms with Gasteiger partial charge in [-0.3, -0.25) is 19.7 Å². The first-order valence-electron chi connectivity index (χ1n) is 11.0. The maximum atomic E-state index is 13.2. The molecule has 5 rings (SSSR count). The van der Waals surface area contributed by atoms with Gasteiger partial charge in [-0.1, -0.05) is 12.1 Å². The lowest BCUT2D eigenvalue weighted by Gasteiger charge is -2.39. The molecule has 1 unspecified atom stereocenters. The molecule has 0 spiro atoms. The third kappa shape index (κ3) is 4.32. The summed E-state index contributed by atoms with van der Waals surface area (Å²) in [4.78, 5) is 28.1. The number of fused-ring (bicyclic) bond motifs is 3. The number of pyridine rings is 1. The number of benzene rings is 1. The minimum atomic E-state index is -2.35. The van der Waals surface area contributed by atoms with E-state index in [-0.39, 0.29) is 37.0 Å². The molecule has 1 amide bonds. The summed E-state index contributed by atoms with van der Waals surface area (Å²) in [5, 5.41) is 4.96. The zero-order valence-corrected chi connectivity index (χ0v) is 17.6. The predicted molar refractivity (Wildman–Crippen MR) is 117 cm³/mol. The molecule has 2 fully saturated rings. The van der Waals surface area contributed by atoms with E-state index < -0.39 is 6.43 Å². The van der Waals surface area contributed by atoms with Crippen molar-refractivity contribution in [2.24, 2.45) is 0 Å². The highest BCUT2D eigenvalue weighted by Gasteiger charge is 2.43. The Labute approximate surface area is 185 Å². The summed E-state index contributed by atoms with van der Waals surface area (Å²) in [6, 6.07) is 8.30. The maximum absolute atomic E-state index is 13.2. The second-order valence-electron chi connectivity index (χ2n) is 8.66. The van der Waals surface area contributed by atoms with Crippen LogP contribution in [-0.2, 0) is 11.2 Å². The lowest BCUT2D eigenvalue weighted by molar-refractivity contribution is -0.135. The molecule has 1 aromatic carbocycles. The number of alkyl halides is 2. The Kier molecular flexibility index (Phi) is 5.78. The summed E-state index contributed by atoms with van der Waals surface area (Å²) >= 11 is 0. The molecular formula is C24H25F2N5O. The first-order chi connectivity index (χ1) is 15.6. The van der Waals surface area contributed by atoms with E-state index in [0.29, 0.717) is 0 Å². The SMILES string of the molecule is O=C(Cc1cc2cc(-c3cnccn3)ccc2cn1)N1[C@@H]2CC[C@H]1CC(NCC(F)F)C2. The largest absolute Gasteiger partial charge is 0.336 e. The van der Waals surface area contributed by atoms with E-state index in [1.165, 1.54) is 0 Å². The van der Waals surface area contributed by atoms with Gasteiger partial charge in [-0.2, -0.15) is 0 Å².